The first-order chi connectivity index (χ1) is 29.7. The fourth-order valence-electron chi connectivity index (χ4n) is 8.24. The lowest BCUT2D eigenvalue weighted by Gasteiger charge is -2.30. The second-order valence-electron chi connectivity index (χ2n) is 15.8. The van der Waals surface area contributed by atoms with Gasteiger partial charge in [-0.2, -0.15) is 38.2 Å². The zero-order valence-electron chi connectivity index (χ0n) is 35.1. The van der Waals surface area contributed by atoms with Crippen molar-refractivity contribution in [2.45, 2.75) is 79.4 Å². The van der Waals surface area contributed by atoms with Crippen molar-refractivity contribution in [1.82, 2.24) is 5.06 Å². The molecule has 1 saturated heterocycles. The van der Waals surface area contributed by atoms with E-state index in [9.17, 15) is 66.3 Å². The minimum absolute atomic E-state index is 0.0132. The summed E-state index contributed by atoms with van der Waals surface area (Å²) in [6, 6.07) is 7.87. The van der Waals surface area contributed by atoms with Crippen molar-refractivity contribution in [2.75, 3.05) is 56.4 Å². The molecule has 0 bridgehead atoms. The highest BCUT2D eigenvalue weighted by molar-refractivity contribution is 7.86. The van der Waals surface area contributed by atoms with Crippen molar-refractivity contribution < 1.29 is 85.2 Å². The van der Waals surface area contributed by atoms with E-state index in [1.807, 2.05) is 4.90 Å². The monoisotopic (exact) mass is 976 g/mol. The summed E-state index contributed by atoms with van der Waals surface area (Å²) >= 11 is 0. The number of allylic oxidation sites excluding steroid dienone is 4. The van der Waals surface area contributed by atoms with Crippen LogP contribution in [-0.4, -0.2) is 137 Å². The van der Waals surface area contributed by atoms with Crippen molar-refractivity contribution in [1.29, 1.82) is 0 Å². The molecule has 2 amide bonds. The number of hydrogen-bond acceptors (Lipinski definition) is 15. The first-order valence-corrected chi connectivity index (χ1v) is 25.9. The summed E-state index contributed by atoms with van der Waals surface area (Å²) in [5.41, 5.74) is 0.355. The van der Waals surface area contributed by atoms with E-state index in [4.69, 9.17) is 14.3 Å². The number of carbonyl (C=O) groups is 3. The maximum Gasteiger partial charge on any atom is 0.335 e. The maximum atomic E-state index is 12.4. The van der Waals surface area contributed by atoms with Gasteiger partial charge >= 0.3 is 5.97 Å². The Morgan fingerprint density at radius 3 is 1.91 bits per heavy atom. The molecule has 64 heavy (non-hydrogen) atoms. The molecule has 0 aliphatic carbocycles. The quantitative estimate of drug-likeness (QED) is 0.0570. The topological polar surface area (TPSA) is 306 Å². The number of amides is 2. The molecule has 352 valence electrons. The van der Waals surface area contributed by atoms with Crippen LogP contribution in [0.5, 0.6) is 0 Å². The molecule has 3 heterocycles. The number of ether oxygens (including phenoxy) is 2. The molecule has 21 nitrogen and oxygen atoms in total. The lowest BCUT2D eigenvalue weighted by molar-refractivity contribution is -0.442. The van der Waals surface area contributed by atoms with Crippen molar-refractivity contribution in [3.8, 4) is 0 Å². The first kappa shape index (κ1) is 50.6. The third-order valence-electron chi connectivity index (χ3n) is 11.3. The molecule has 0 spiro atoms. The highest BCUT2D eigenvalue weighted by Gasteiger charge is 2.49. The molecule has 1 fully saturated rings. The molecule has 25 heteroatoms. The molecule has 3 aliphatic rings. The molecule has 0 saturated carbocycles. The van der Waals surface area contributed by atoms with Crippen LogP contribution in [0.1, 0.15) is 69.9 Å². The Labute approximate surface area is 371 Å². The Morgan fingerprint density at radius 2 is 1.34 bits per heavy atom. The molecule has 0 radical (unpaired) electrons. The number of nitrogens with zero attached hydrogens (tertiary/aromatic N) is 3. The van der Waals surface area contributed by atoms with Gasteiger partial charge in [-0.3, -0.25) is 27.8 Å². The highest BCUT2D eigenvalue weighted by atomic mass is 32.2. The second kappa shape index (κ2) is 19.6. The predicted molar refractivity (Wildman–Crippen MR) is 227 cm³/mol. The third kappa shape index (κ3) is 11.9. The van der Waals surface area contributed by atoms with E-state index in [-0.39, 0.29) is 77.9 Å². The maximum absolute atomic E-state index is 12.4. The Bertz CT molecular complexity index is 2720. The third-order valence-corrected chi connectivity index (χ3v) is 14.6. The molecule has 0 aromatic heterocycles. The largest absolute Gasteiger partial charge is 0.383 e. The van der Waals surface area contributed by atoms with E-state index in [0.29, 0.717) is 39.0 Å². The number of imide groups is 1. The smallest absolute Gasteiger partial charge is 0.335 e. The fraction of sp³-hybridized carbons (Fsp3) is 0.487. The highest BCUT2D eigenvalue weighted by Crippen LogP contribution is 2.51. The van der Waals surface area contributed by atoms with Gasteiger partial charge in [0.2, 0.25) is 5.69 Å². The number of anilines is 1. The molecule has 2 aromatic carbocycles. The van der Waals surface area contributed by atoms with Crippen molar-refractivity contribution in [3.63, 3.8) is 0 Å². The molecule has 2 aromatic rings. The zero-order valence-corrected chi connectivity index (χ0v) is 38.3. The van der Waals surface area contributed by atoms with Crippen LogP contribution in [0.2, 0.25) is 0 Å². The average molecular weight is 977 g/mol. The van der Waals surface area contributed by atoms with E-state index in [1.54, 1.807) is 36.7 Å². The molecule has 4 N–H and O–H groups in total. The summed E-state index contributed by atoms with van der Waals surface area (Å²) in [5.74, 6) is -3.45. The number of carbonyl (C=O) groups excluding carboxylic acids is 3. The van der Waals surface area contributed by atoms with E-state index < -0.39 is 90.4 Å². The minimum Gasteiger partial charge on any atom is -0.383 e. The number of hydroxylamine groups is 2. The number of fused-ring (bicyclic) bond motifs is 2. The summed E-state index contributed by atoms with van der Waals surface area (Å²) in [5, 5.41) is 0.413. The summed E-state index contributed by atoms with van der Waals surface area (Å²) in [4.78, 5) is 41.9. The lowest BCUT2D eigenvalue weighted by atomic mass is 9.75. The van der Waals surface area contributed by atoms with Gasteiger partial charge in [0, 0.05) is 61.0 Å². The fourth-order valence-corrected chi connectivity index (χ4v) is 10.3. The van der Waals surface area contributed by atoms with Gasteiger partial charge < -0.3 is 19.2 Å². The molecule has 2 unspecified atom stereocenters. The number of rotatable bonds is 22. The minimum atomic E-state index is -4.74. The SMILES string of the molecule is COCCN1/C(=C/C=C/C2=[N+](CCOCCC(=O)ON3C(=O)CCC3=O)c3ccc(S(=O)(=O)O)cc3C2(C)CCCS(=O)(=O)O)C(C)(CCCS(=O)(=O)O)c2cc(S(=O)(=O)O)ccc21. The van der Waals surface area contributed by atoms with Gasteiger partial charge in [-0.1, -0.05) is 6.08 Å². The van der Waals surface area contributed by atoms with Crippen LogP contribution in [0.25, 0.3) is 0 Å². The van der Waals surface area contributed by atoms with E-state index >= 15 is 0 Å². The average Bonchev–Trinajstić information content (AvgIpc) is 3.71. The summed E-state index contributed by atoms with van der Waals surface area (Å²) in [6.07, 6.45) is 4.36. The van der Waals surface area contributed by atoms with E-state index in [2.05, 4.69) is 0 Å². The van der Waals surface area contributed by atoms with Crippen LogP contribution in [0.15, 0.2) is 70.1 Å². The van der Waals surface area contributed by atoms with E-state index in [1.165, 1.54) is 43.5 Å². The van der Waals surface area contributed by atoms with Crippen LogP contribution in [0.3, 0.4) is 0 Å². The molecule has 3 aliphatic heterocycles. The lowest BCUT2D eigenvalue weighted by Crippen LogP contribution is -2.33. The van der Waals surface area contributed by atoms with E-state index in [0.717, 1.165) is 0 Å². The first-order valence-electron chi connectivity index (χ1n) is 19.8. The van der Waals surface area contributed by atoms with Gasteiger partial charge in [0.05, 0.1) is 46.3 Å². The number of benzene rings is 2. The van der Waals surface area contributed by atoms with Crippen LogP contribution in [-0.2, 0) is 80.0 Å². The van der Waals surface area contributed by atoms with Crippen molar-refractivity contribution in [2.24, 2.45) is 0 Å². The number of methoxy groups -OCH3 is 1. The molecule has 5 rings (SSSR count). The van der Waals surface area contributed by atoms with Gasteiger partial charge in [-0.05, 0) is 81.5 Å². The van der Waals surface area contributed by atoms with Gasteiger partial charge in [0.1, 0.15) is 6.61 Å². The summed E-state index contributed by atoms with van der Waals surface area (Å²) < 4.78 is 149. The predicted octanol–water partition coefficient (Wildman–Crippen LogP) is 2.75. The Hall–Kier alpha value is -4.44. The standard InChI is InChI=1S/C39H49N3O18S4/c1-38(16-5-23-61(46,47)48)29-25-27(63(52,53)54)9-11-31(29)40(18-21-58-3)33(38)7-4-8-34-39(2,17-6-24-62(49,50)51)30-26-28(64(55,56)57)10-12-32(30)41(34)19-22-59-20-15-37(45)60-42-35(43)13-14-36(42)44/h4,7-12,25-26H,5-6,13-24H2,1-3H3,(H3-,46,47,48,49,50,51,52,53,54,55,56,57)/p+1. The zero-order chi connectivity index (χ0) is 47.5. The van der Waals surface area contributed by atoms with Crippen LogP contribution >= 0.6 is 0 Å². The van der Waals surface area contributed by atoms with Crippen LogP contribution in [0, 0.1) is 0 Å². The molecular weight excluding hydrogens is 927 g/mol. The summed E-state index contributed by atoms with van der Waals surface area (Å²) in [7, 11) is -16.8. The Balaban J connectivity index is 1.59. The van der Waals surface area contributed by atoms with Gasteiger partial charge in [0.25, 0.3) is 52.3 Å². The molecule has 2 atom stereocenters. The Kier molecular flexibility index (Phi) is 15.5. The van der Waals surface area contributed by atoms with Crippen molar-refractivity contribution in [3.05, 3.63) is 71.5 Å². The van der Waals surface area contributed by atoms with Crippen LogP contribution < -0.4 is 4.90 Å². The second-order valence-corrected chi connectivity index (χ2v) is 21.7. The number of hydrogen-bond donors (Lipinski definition) is 4. The van der Waals surface area contributed by atoms with Crippen LogP contribution in [0.4, 0.5) is 11.4 Å². The Morgan fingerprint density at radius 1 is 0.781 bits per heavy atom. The normalized spacial score (nSPS) is 21.1. The van der Waals surface area contributed by atoms with Crippen molar-refractivity contribution >= 4 is 75.3 Å². The van der Waals surface area contributed by atoms with Gasteiger partial charge in [-0.25, -0.2) is 4.79 Å². The van der Waals surface area contributed by atoms with Gasteiger partial charge in [-0.15, -0.1) is 5.06 Å². The molecular formula is C39H50N3O18S4+. The van der Waals surface area contributed by atoms with Gasteiger partial charge in [0.15, 0.2) is 12.3 Å². The summed E-state index contributed by atoms with van der Waals surface area (Å²) in [6.45, 7) is 3.61.